The van der Waals surface area contributed by atoms with Gasteiger partial charge in [-0.1, -0.05) is 0 Å². The molecule has 2 rings (SSSR count). The minimum absolute atomic E-state index is 0.0963. The number of nitrogens with one attached hydrogen (secondary N) is 1. The molecule has 146 valence electrons. The van der Waals surface area contributed by atoms with E-state index in [9.17, 15) is 28.4 Å². The van der Waals surface area contributed by atoms with Gasteiger partial charge in [-0.05, 0) is 32.9 Å². The van der Waals surface area contributed by atoms with Crippen molar-refractivity contribution in [3.05, 3.63) is 52.2 Å². The summed E-state index contributed by atoms with van der Waals surface area (Å²) in [6, 6.07) is 5.16. The molecule has 0 radical (unpaired) electrons. The number of aromatic nitrogens is 1. The minimum Gasteiger partial charge on any atom is -0.439 e. The number of ether oxygens (including phenoxy) is 1. The van der Waals surface area contributed by atoms with Crippen molar-refractivity contribution in [2.45, 2.75) is 38.6 Å². The second kappa shape index (κ2) is 7.39. The van der Waals surface area contributed by atoms with Gasteiger partial charge in [-0.25, -0.2) is 4.98 Å². The Bertz CT molecular complexity index is 818. The van der Waals surface area contributed by atoms with Crippen LogP contribution in [0, 0.1) is 10.1 Å². The quantitative estimate of drug-likeness (QED) is 0.566. The highest BCUT2D eigenvalue weighted by Crippen LogP contribution is 2.33. The van der Waals surface area contributed by atoms with E-state index in [1.54, 1.807) is 20.8 Å². The monoisotopic (exact) mass is 385 g/mol. The maximum absolute atomic E-state index is 12.6. The van der Waals surface area contributed by atoms with E-state index >= 15 is 0 Å². The molecule has 0 aliphatic rings. The molecule has 0 spiro atoms. The summed E-state index contributed by atoms with van der Waals surface area (Å²) in [5.74, 6) is 0.0386. The van der Waals surface area contributed by atoms with Crippen molar-refractivity contribution in [3.63, 3.8) is 0 Å². The summed E-state index contributed by atoms with van der Waals surface area (Å²) in [7, 11) is 0. The number of nitrogens with zero attached hydrogens (tertiary/aromatic N) is 2. The van der Waals surface area contributed by atoms with Crippen molar-refractivity contribution in [2.75, 3.05) is 5.32 Å². The summed E-state index contributed by atoms with van der Waals surface area (Å²) in [5, 5.41) is 24.1. The highest BCUT2D eigenvalue weighted by atomic mass is 19.4. The molecule has 2 aromatic rings. The molecule has 0 saturated heterocycles. The molecule has 0 saturated carbocycles. The Labute approximate surface area is 153 Å². The summed E-state index contributed by atoms with van der Waals surface area (Å²) >= 11 is 0. The van der Waals surface area contributed by atoms with E-state index in [4.69, 9.17) is 4.74 Å². The van der Waals surface area contributed by atoms with E-state index in [1.807, 2.05) is 0 Å². The smallest absolute Gasteiger partial charge is 0.417 e. The highest BCUT2D eigenvalue weighted by molar-refractivity contribution is 5.65. The van der Waals surface area contributed by atoms with Crippen molar-refractivity contribution < 1.29 is 27.9 Å². The molecule has 27 heavy (non-hydrogen) atoms. The number of hydrogen-bond acceptors (Lipinski definition) is 6. The number of pyridine rings is 1. The van der Waals surface area contributed by atoms with Gasteiger partial charge >= 0.3 is 6.18 Å². The third kappa shape index (κ3) is 5.30. The number of rotatable bonds is 6. The van der Waals surface area contributed by atoms with Gasteiger partial charge in [0.1, 0.15) is 11.4 Å². The van der Waals surface area contributed by atoms with Gasteiger partial charge in [0.2, 0.25) is 5.88 Å². The van der Waals surface area contributed by atoms with E-state index in [1.165, 1.54) is 18.2 Å². The first kappa shape index (κ1) is 20.4. The molecular weight excluding hydrogens is 367 g/mol. The second-order valence-corrected chi connectivity index (χ2v) is 6.44. The summed E-state index contributed by atoms with van der Waals surface area (Å²) < 4.78 is 43.1. The Hall–Kier alpha value is -2.88. The number of aliphatic hydroxyl groups is 1. The number of benzene rings is 1. The van der Waals surface area contributed by atoms with Crippen LogP contribution in [0.3, 0.4) is 0 Å². The zero-order valence-corrected chi connectivity index (χ0v) is 14.7. The zero-order chi connectivity index (χ0) is 20.4. The van der Waals surface area contributed by atoms with Gasteiger partial charge in [0.25, 0.3) is 5.69 Å². The Morgan fingerprint density at radius 3 is 2.41 bits per heavy atom. The van der Waals surface area contributed by atoms with Crippen molar-refractivity contribution in [2.24, 2.45) is 0 Å². The molecule has 2 N–H and O–H groups in total. The van der Waals surface area contributed by atoms with Gasteiger partial charge < -0.3 is 15.2 Å². The van der Waals surface area contributed by atoms with Gasteiger partial charge in [-0.15, -0.1) is 0 Å². The van der Waals surface area contributed by atoms with Crippen LogP contribution in [-0.2, 0) is 6.18 Å². The van der Waals surface area contributed by atoms with Crippen LogP contribution in [0.2, 0.25) is 0 Å². The van der Waals surface area contributed by atoms with Crippen molar-refractivity contribution in [1.82, 2.24) is 4.98 Å². The van der Waals surface area contributed by atoms with Crippen molar-refractivity contribution >= 4 is 11.4 Å². The fourth-order valence-corrected chi connectivity index (χ4v) is 1.99. The first-order chi connectivity index (χ1) is 12.4. The summed E-state index contributed by atoms with van der Waals surface area (Å²) in [5.41, 5.74) is -2.21. The lowest BCUT2D eigenvalue weighted by Crippen LogP contribution is -2.39. The number of anilines is 1. The molecule has 0 aliphatic heterocycles. The van der Waals surface area contributed by atoms with Gasteiger partial charge in [0.05, 0.1) is 22.1 Å². The lowest BCUT2D eigenvalue weighted by molar-refractivity contribution is -0.384. The van der Waals surface area contributed by atoms with Crippen LogP contribution in [-0.4, -0.2) is 26.7 Å². The number of hydrogen-bond donors (Lipinski definition) is 2. The van der Waals surface area contributed by atoms with Crippen LogP contribution < -0.4 is 10.1 Å². The van der Waals surface area contributed by atoms with Crippen LogP contribution in [0.1, 0.15) is 26.3 Å². The van der Waals surface area contributed by atoms with Crippen LogP contribution >= 0.6 is 0 Å². The predicted octanol–water partition coefficient (Wildman–Crippen LogP) is 4.37. The number of nitro benzene ring substituents is 1. The molecule has 0 aliphatic carbocycles. The Morgan fingerprint density at radius 1 is 1.26 bits per heavy atom. The minimum atomic E-state index is -4.51. The second-order valence-electron chi connectivity index (χ2n) is 6.44. The molecule has 1 aromatic heterocycles. The molecule has 0 unspecified atom stereocenters. The van der Waals surface area contributed by atoms with Crippen LogP contribution in [0.15, 0.2) is 36.5 Å². The Morgan fingerprint density at radius 2 is 1.93 bits per heavy atom. The third-order valence-corrected chi connectivity index (χ3v) is 3.88. The van der Waals surface area contributed by atoms with E-state index in [-0.39, 0.29) is 23.0 Å². The average Bonchev–Trinajstić information content (AvgIpc) is 2.53. The van der Waals surface area contributed by atoms with Gasteiger partial charge in [0, 0.05) is 24.4 Å². The number of halogens is 3. The zero-order valence-electron chi connectivity index (χ0n) is 14.7. The molecule has 0 bridgehead atoms. The molecule has 0 amide bonds. The van der Waals surface area contributed by atoms with Crippen LogP contribution in [0.5, 0.6) is 11.6 Å². The molecule has 10 heteroatoms. The normalized spacial score (nSPS) is 13.1. The fraction of sp³-hybridized carbons (Fsp3) is 0.353. The van der Waals surface area contributed by atoms with Gasteiger partial charge in [-0.3, -0.25) is 10.1 Å². The van der Waals surface area contributed by atoms with Crippen LogP contribution in [0.4, 0.5) is 24.5 Å². The SMILES string of the molecule is C[C@@H](Nc1cc(Oc2ccc(C(F)(F)F)cn2)ccc1[N+](=O)[O-])C(C)(C)O. The molecule has 1 heterocycles. The van der Waals surface area contributed by atoms with Crippen molar-refractivity contribution in [1.29, 1.82) is 0 Å². The Kier molecular flexibility index (Phi) is 5.59. The van der Waals surface area contributed by atoms with E-state index in [0.717, 1.165) is 12.1 Å². The van der Waals surface area contributed by atoms with Crippen molar-refractivity contribution in [3.8, 4) is 11.6 Å². The number of alkyl halides is 3. The van der Waals surface area contributed by atoms with E-state index in [2.05, 4.69) is 10.3 Å². The van der Waals surface area contributed by atoms with Gasteiger partial charge in [-0.2, -0.15) is 13.2 Å². The summed E-state index contributed by atoms with van der Waals surface area (Å²) in [6.07, 6.45) is -3.88. The largest absolute Gasteiger partial charge is 0.439 e. The molecule has 0 fully saturated rings. The summed E-state index contributed by atoms with van der Waals surface area (Å²) in [6.45, 7) is 4.74. The van der Waals surface area contributed by atoms with E-state index in [0.29, 0.717) is 6.20 Å². The Balaban J connectivity index is 2.27. The molecular formula is C17H18F3N3O4. The third-order valence-electron chi connectivity index (χ3n) is 3.88. The topological polar surface area (TPSA) is 97.5 Å². The first-order valence-electron chi connectivity index (χ1n) is 7.86. The lowest BCUT2D eigenvalue weighted by atomic mass is 10.0. The maximum Gasteiger partial charge on any atom is 0.417 e. The summed E-state index contributed by atoms with van der Waals surface area (Å²) in [4.78, 5) is 14.2. The first-order valence-corrected chi connectivity index (χ1v) is 7.86. The number of nitro groups is 1. The van der Waals surface area contributed by atoms with Crippen LogP contribution in [0.25, 0.3) is 0 Å². The molecule has 1 atom stereocenters. The molecule has 1 aromatic carbocycles. The fourth-order valence-electron chi connectivity index (χ4n) is 1.99. The predicted molar refractivity (Wildman–Crippen MR) is 91.8 cm³/mol. The average molecular weight is 385 g/mol. The van der Waals surface area contributed by atoms with Gasteiger partial charge in [0.15, 0.2) is 0 Å². The highest BCUT2D eigenvalue weighted by Gasteiger charge is 2.31. The lowest BCUT2D eigenvalue weighted by Gasteiger charge is -2.27. The molecule has 7 nitrogen and oxygen atoms in total. The van der Waals surface area contributed by atoms with E-state index < -0.39 is 28.3 Å². The standard InChI is InChI=1S/C17H18F3N3O4/c1-10(16(2,3)24)22-13-8-12(5-6-14(13)23(25)26)27-15-7-4-11(9-21-15)17(18,19)20/h4-10,22,24H,1-3H3/t10-/m1/s1. The maximum atomic E-state index is 12.6.